The first kappa shape index (κ1) is 15.5. The molecular weight excluding hydrogens is 290 g/mol. The Morgan fingerprint density at radius 3 is 2.75 bits per heavy atom. The Morgan fingerprint density at radius 2 is 2.05 bits per heavy atom. The van der Waals surface area contributed by atoms with Crippen molar-refractivity contribution < 1.29 is 8.42 Å². The lowest BCUT2D eigenvalue weighted by molar-refractivity contribution is 0.539. The molecule has 2 rings (SSSR count). The average molecular weight is 311 g/mol. The van der Waals surface area contributed by atoms with Crippen molar-refractivity contribution in [3.63, 3.8) is 0 Å². The zero-order chi connectivity index (χ0) is 14.6. The van der Waals surface area contributed by atoms with Gasteiger partial charge in [-0.15, -0.1) is 11.3 Å². The zero-order valence-electron chi connectivity index (χ0n) is 11.9. The quantitative estimate of drug-likeness (QED) is 0.852. The molecular formula is C15H21NO2S2. The second kappa shape index (κ2) is 6.70. The molecule has 1 unspecified atom stereocenters. The number of thiophene rings is 1. The highest BCUT2D eigenvalue weighted by Gasteiger charge is 2.15. The molecule has 1 heterocycles. The molecule has 0 saturated carbocycles. The van der Waals surface area contributed by atoms with Crippen LogP contribution in [-0.2, 0) is 9.84 Å². The van der Waals surface area contributed by atoms with Gasteiger partial charge in [0.05, 0.1) is 5.75 Å². The molecule has 0 spiro atoms. The van der Waals surface area contributed by atoms with Gasteiger partial charge >= 0.3 is 0 Å². The van der Waals surface area contributed by atoms with Crippen LogP contribution in [0.25, 0.3) is 10.1 Å². The fourth-order valence-corrected chi connectivity index (χ4v) is 4.29. The van der Waals surface area contributed by atoms with E-state index in [2.05, 4.69) is 22.8 Å². The van der Waals surface area contributed by atoms with Crippen molar-refractivity contribution in [1.82, 2.24) is 5.32 Å². The van der Waals surface area contributed by atoms with Gasteiger partial charge in [0.2, 0.25) is 0 Å². The molecule has 1 aromatic heterocycles. The van der Waals surface area contributed by atoms with Gasteiger partial charge in [-0.25, -0.2) is 8.42 Å². The van der Waals surface area contributed by atoms with E-state index in [4.69, 9.17) is 0 Å². The SMILES string of the molecule is CCS(=O)(=O)CCCC(NC)c1csc2ccccc12. The van der Waals surface area contributed by atoms with Crippen LogP contribution in [0.15, 0.2) is 29.6 Å². The van der Waals surface area contributed by atoms with E-state index in [0.717, 1.165) is 6.42 Å². The zero-order valence-corrected chi connectivity index (χ0v) is 13.6. The Hall–Kier alpha value is -0.910. The van der Waals surface area contributed by atoms with Crippen molar-refractivity contribution in [2.24, 2.45) is 0 Å². The molecule has 0 radical (unpaired) electrons. The summed E-state index contributed by atoms with van der Waals surface area (Å²) in [5.41, 5.74) is 1.28. The number of hydrogen-bond acceptors (Lipinski definition) is 4. The van der Waals surface area contributed by atoms with Crippen molar-refractivity contribution >= 4 is 31.3 Å². The first-order valence-electron chi connectivity index (χ1n) is 6.91. The van der Waals surface area contributed by atoms with Crippen molar-refractivity contribution in [3.8, 4) is 0 Å². The molecule has 0 amide bonds. The summed E-state index contributed by atoms with van der Waals surface area (Å²) < 4.78 is 24.4. The lowest BCUT2D eigenvalue weighted by atomic mass is 10.0. The van der Waals surface area contributed by atoms with Crippen molar-refractivity contribution in [1.29, 1.82) is 0 Å². The highest BCUT2D eigenvalue weighted by Crippen LogP contribution is 2.32. The summed E-state index contributed by atoms with van der Waals surface area (Å²) in [5.74, 6) is 0.516. The summed E-state index contributed by atoms with van der Waals surface area (Å²) in [7, 11) is -0.924. The number of fused-ring (bicyclic) bond motifs is 1. The van der Waals surface area contributed by atoms with E-state index in [1.807, 2.05) is 19.2 Å². The minimum atomic E-state index is -2.86. The van der Waals surface area contributed by atoms with Crippen LogP contribution in [0, 0.1) is 0 Å². The van der Waals surface area contributed by atoms with Gasteiger partial charge in [-0.05, 0) is 42.3 Å². The van der Waals surface area contributed by atoms with Crippen LogP contribution in [0.3, 0.4) is 0 Å². The second-order valence-corrected chi connectivity index (χ2v) is 8.29. The van der Waals surface area contributed by atoms with Crippen LogP contribution in [0.4, 0.5) is 0 Å². The topological polar surface area (TPSA) is 46.2 Å². The standard InChI is InChI=1S/C15H21NO2S2/c1-3-20(17,18)10-6-8-14(16-2)13-11-19-15-9-5-4-7-12(13)15/h4-5,7,9,11,14,16H,3,6,8,10H2,1-2H3. The van der Waals surface area contributed by atoms with E-state index in [0.29, 0.717) is 6.42 Å². The lowest BCUT2D eigenvalue weighted by Crippen LogP contribution is -2.18. The van der Waals surface area contributed by atoms with Gasteiger partial charge in [-0.2, -0.15) is 0 Å². The maximum atomic E-state index is 11.5. The molecule has 2 aromatic rings. The third-order valence-corrected chi connectivity index (χ3v) is 6.39. The molecule has 5 heteroatoms. The molecule has 0 bridgehead atoms. The number of benzene rings is 1. The Labute approximate surface area is 124 Å². The van der Waals surface area contributed by atoms with Crippen molar-refractivity contribution in [2.75, 3.05) is 18.6 Å². The van der Waals surface area contributed by atoms with Gasteiger partial charge < -0.3 is 5.32 Å². The molecule has 1 aromatic carbocycles. The largest absolute Gasteiger partial charge is 0.313 e. The number of hydrogen-bond donors (Lipinski definition) is 1. The number of nitrogens with one attached hydrogen (secondary N) is 1. The van der Waals surface area contributed by atoms with Gasteiger partial charge in [-0.3, -0.25) is 0 Å². The summed E-state index contributed by atoms with van der Waals surface area (Å²) in [6, 6.07) is 8.57. The minimum Gasteiger partial charge on any atom is -0.313 e. The molecule has 0 aliphatic heterocycles. The molecule has 110 valence electrons. The average Bonchev–Trinajstić information content (AvgIpc) is 2.87. The molecule has 0 fully saturated rings. The normalized spacial score (nSPS) is 13.7. The van der Waals surface area contributed by atoms with Gasteiger partial charge in [-0.1, -0.05) is 25.1 Å². The van der Waals surface area contributed by atoms with Crippen molar-refractivity contribution in [3.05, 3.63) is 35.2 Å². The Balaban J connectivity index is 2.09. The molecule has 3 nitrogen and oxygen atoms in total. The van der Waals surface area contributed by atoms with Crippen LogP contribution in [-0.4, -0.2) is 27.0 Å². The van der Waals surface area contributed by atoms with Crippen LogP contribution in [0.2, 0.25) is 0 Å². The van der Waals surface area contributed by atoms with Crippen LogP contribution < -0.4 is 5.32 Å². The summed E-state index contributed by atoms with van der Waals surface area (Å²) in [6.07, 6.45) is 1.54. The summed E-state index contributed by atoms with van der Waals surface area (Å²) in [6.45, 7) is 1.71. The number of sulfone groups is 1. The fourth-order valence-electron chi connectivity index (χ4n) is 2.38. The number of rotatable bonds is 7. The van der Waals surface area contributed by atoms with E-state index in [1.165, 1.54) is 15.6 Å². The molecule has 0 saturated heterocycles. The van der Waals surface area contributed by atoms with E-state index < -0.39 is 9.84 Å². The lowest BCUT2D eigenvalue weighted by Gasteiger charge is -2.15. The van der Waals surface area contributed by atoms with E-state index >= 15 is 0 Å². The van der Waals surface area contributed by atoms with Gasteiger partial charge in [0.25, 0.3) is 0 Å². The van der Waals surface area contributed by atoms with E-state index in [9.17, 15) is 8.42 Å². The highest BCUT2D eigenvalue weighted by atomic mass is 32.2. The third-order valence-electron chi connectivity index (χ3n) is 3.62. The molecule has 0 aliphatic carbocycles. The Morgan fingerprint density at radius 1 is 1.30 bits per heavy atom. The maximum Gasteiger partial charge on any atom is 0.150 e. The predicted molar refractivity (Wildman–Crippen MR) is 87.2 cm³/mol. The second-order valence-electron chi connectivity index (χ2n) is 4.91. The first-order valence-corrected chi connectivity index (χ1v) is 9.61. The Kier molecular flexibility index (Phi) is 5.18. The van der Waals surface area contributed by atoms with Gasteiger partial charge in [0.15, 0.2) is 0 Å². The first-order chi connectivity index (χ1) is 9.57. The third kappa shape index (κ3) is 3.59. The predicted octanol–water partition coefficient (Wildman–Crippen LogP) is 3.38. The van der Waals surface area contributed by atoms with Gasteiger partial charge in [0, 0.05) is 16.5 Å². The summed E-state index contributed by atoms with van der Waals surface area (Å²) in [5, 5.41) is 6.77. The molecule has 0 aliphatic rings. The molecule has 20 heavy (non-hydrogen) atoms. The van der Waals surface area contributed by atoms with Crippen LogP contribution >= 0.6 is 11.3 Å². The van der Waals surface area contributed by atoms with Crippen LogP contribution in [0.5, 0.6) is 0 Å². The summed E-state index contributed by atoms with van der Waals surface area (Å²) >= 11 is 1.74. The summed E-state index contributed by atoms with van der Waals surface area (Å²) in [4.78, 5) is 0. The molecule has 1 atom stereocenters. The smallest absolute Gasteiger partial charge is 0.150 e. The Bertz CT molecular complexity index is 661. The minimum absolute atomic E-state index is 0.221. The van der Waals surface area contributed by atoms with Crippen molar-refractivity contribution in [2.45, 2.75) is 25.8 Å². The molecule has 1 N–H and O–H groups in total. The highest BCUT2D eigenvalue weighted by molar-refractivity contribution is 7.91. The van der Waals surface area contributed by atoms with Crippen LogP contribution in [0.1, 0.15) is 31.4 Å². The van der Waals surface area contributed by atoms with Gasteiger partial charge in [0.1, 0.15) is 9.84 Å². The fraction of sp³-hybridized carbons (Fsp3) is 0.467. The monoisotopic (exact) mass is 311 g/mol. The van der Waals surface area contributed by atoms with E-state index in [-0.39, 0.29) is 17.5 Å². The maximum absolute atomic E-state index is 11.5. The van der Waals surface area contributed by atoms with E-state index in [1.54, 1.807) is 18.3 Å².